The van der Waals surface area contributed by atoms with Crippen LogP contribution in [0.2, 0.25) is 0 Å². The fourth-order valence-corrected chi connectivity index (χ4v) is 2.89. The van der Waals surface area contributed by atoms with Gasteiger partial charge >= 0.3 is 0 Å². The number of halogens is 1. The van der Waals surface area contributed by atoms with Gasteiger partial charge in [-0.2, -0.15) is 5.26 Å². The van der Waals surface area contributed by atoms with Crippen molar-refractivity contribution in [3.05, 3.63) is 29.8 Å². The number of nitriles is 1. The highest BCUT2D eigenvalue weighted by molar-refractivity contribution is 9.09. The molecule has 0 aromatic heterocycles. The molecule has 0 radical (unpaired) electrons. The molecule has 0 aliphatic heterocycles. The molecule has 3 heteroatoms. The molecule has 0 spiro atoms. The molecule has 0 aliphatic rings. The van der Waals surface area contributed by atoms with Gasteiger partial charge in [-0.15, -0.1) is 0 Å². The average molecular weight is 366 g/mol. The Labute approximate surface area is 144 Å². The maximum absolute atomic E-state index is 8.80. The Bertz CT molecular complexity index is 428. The Morgan fingerprint density at radius 3 is 2.09 bits per heavy atom. The molecule has 0 unspecified atom stereocenters. The zero-order chi connectivity index (χ0) is 15.9. The first-order valence-electron chi connectivity index (χ1n) is 8.52. The van der Waals surface area contributed by atoms with Gasteiger partial charge in [0.25, 0.3) is 0 Å². The van der Waals surface area contributed by atoms with E-state index in [1.165, 1.54) is 51.4 Å². The summed E-state index contributed by atoms with van der Waals surface area (Å²) in [5.74, 6) is 0.871. The van der Waals surface area contributed by atoms with E-state index < -0.39 is 0 Å². The Morgan fingerprint density at radius 2 is 1.45 bits per heavy atom. The Hall–Kier alpha value is -1.01. The van der Waals surface area contributed by atoms with Crippen LogP contribution >= 0.6 is 15.9 Å². The number of alkyl halides is 1. The lowest BCUT2D eigenvalue weighted by Crippen LogP contribution is -2.00. The highest BCUT2D eigenvalue weighted by atomic mass is 79.9. The second-order valence-electron chi connectivity index (χ2n) is 5.66. The van der Waals surface area contributed by atoms with E-state index >= 15 is 0 Å². The lowest BCUT2D eigenvalue weighted by Gasteiger charge is -2.09. The lowest BCUT2D eigenvalue weighted by molar-refractivity contribution is 0.302. The summed E-state index contributed by atoms with van der Waals surface area (Å²) in [6.45, 7) is 0.758. The molecule has 122 valence electrons. The molecule has 0 atom stereocenters. The van der Waals surface area contributed by atoms with E-state index in [2.05, 4.69) is 22.0 Å². The molecule has 0 aliphatic carbocycles. The molecule has 0 amide bonds. The van der Waals surface area contributed by atoms with Gasteiger partial charge in [0.05, 0.1) is 19.1 Å². The van der Waals surface area contributed by atoms with E-state index in [1.807, 2.05) is 24.3 Å². The summed E-state index contributed by atoms with van der Waals surface area (Å²) in [5.41, 5.74) is 0.994. The van der Waals surface area contributed by atoms with E-state index in [0.29, 0.717) is 6.42 Å². The monoisotopic (exact) mass is 365 g/mol. The second-order valence-corrected chi connectivity index (χ2v) is 6.46. The molecule has 2 nitrogen and oxygen atoms in total. The van der Waals surface area contributed by atoms with Crippen molar-refractivity contribution in [2.75, 3.05) is 11.9 Å². The number of benzene rings is 1. The molecular formula is C19H28BrNO. The minimum absolute atomic E-state index is 0.422. The van der Waals surface area contributed by atoms with Gasteiger partial charge in [0, 0.05) is 10.9 Å². The highest BCUT2D eigenvalue weighted by Crippen LogP contribution is 2.19. The summed E-state index contributed by atoms with van der Waals surface area (Å²) in [5, 5.41) is 9.94. The maximum atomic E-state index is 8.80. The third kappa shape index (κ3) is 9.10. The number of unbranched alkanes of at least 4 members (excludes halogenated alkanes) is 8. The summed E-state index contributed by atoms with van der Waals surface area (Å²) in [6, 6.07) is 10.0. The van der Waals surface area contributed by atoms with Crippen molar-refractivity contribution in [2.45, 2.75) is 64.2 Å². The van der Waals surface area contributed by atoms with Crippen LogP contribution in [-0.4, -0.2) is 11.9 Å². The fraction of sp³-hybridized carbons (Fsp3) is 0.632. The number of rotatable bonds is 13. The van der Waals surface area contributed by atoms with Crippen molar-refractivity contribution in [3.63, 3.8) is 0 Å². The summed E-state index contributed by atoms with van der Waals surface area (Å²) < 4.78 is 5.81. The SMILES string of the molecule is N#CCc1ccccc1OCCCCCCCCCCCBr. The van der Waals surface area contributed by atoms with Gasteiger partial charge in [-0.25, -0.2) is 0 Å². The number of hydrogen-bond acceptors (Lipinski definition) is 2. The van der Waals surface area contributed by atoms with Gasteiger partial charge in [0.1, 0.15) is 5.75 Å². The maximum Gasteiger partial charge on any atom is 0.123 e. The predicted molar refractivity (Wildman–Crippen MR) is 96.6 cm³/mol. The zero-order valence-electron chi connectivity index (χ0n) is 13.5. The molecule has 1 aromatic carbocycles. The molecule has 0 heterocycles. The molecule has 0 fully saturated rings. The molecule has 22 heavy (non-hydrogen) atoms. The van der Waals surface area contributed by atoms with E-state index in [1.54, 1.807) is 0 Å². The van der Waals surface area contributed by atoms with Crippen LogP contribution in [0.25, 0.3) is 0 Å². The lowest BCUT2D eigenvalue weighted by atomic mass is 10.1. The minimum atomic E-state index is 0.422. The van der Waals surface area contributed by atoms with Crippen molar-refractivity contribution in [1.82, 2.24) is 0 Å². The third-order valence-electron chi connectivity index (χ3n) is 3.78. The minimum Gasteiger partial charge on any atom is -0.493 e. The standard InChI is InChI=1S/C19H28BrNO/c20-15-10-6-4-2-1-3-5-7-11-17-22-19-13-9-8-12-18(19)14-16-21/h8-9,12-13H,1-7,10-11,14-15,17H2. The second kappa shape index (κ2) is 13.6. The van der Waals surface area contributed by atoms with Crippen molar-refractivity contribution in [3.8, 4) is 11.8 Å². The normalized spacial score (nSPS) is 10.4. The quantitative estimate of drug-likeness (QED) is 0.315. The fourth-order valence-electron chi connectivity index (χ4n) is 2.49. The Kier molecular flexibility index (Phi) is 11.8. The first-order valence-corrected chi connectivity index (χ1v) is 9.64. The molecule has 1 rings (SSSR count). The van der Waals surface area contributed by atoms with Crippen LogP contribution in [0.3, 0.4) is 0 Å². The number of hydrogen-bond donors (Lipinski definition) is 0. The van der Waals surface area contributed by atoms with Crippen LogP contribution in [0.15, 0.2) is 24.3 Å². The van der Waals surface area contributed by atoms with Crippen LogP contribution < -0.4 is 4.74 Å². The zero-order valence-corrected chi connectivity index (χ0v) is 15.1. The van der Waals surface area contributed by atoms with Gasteiger partial charge < -0.3 is 4.74 Å². The summed E-state index contributed by atoms with van der Waals surface area (Å²) in [7, 11) is 0. The number of nitrogens with zero attached hydrogens (tertiary/aromatic N) is 1. The molecule has 0 bridgehead atoms. The van der Waals surface area contributed by atoms with Crippen molar-refractivity contribution in [2.24, 2.45) is 0 Å². The van der Waals surface area contributed by atoms with Crippen molar-refractivity contribution >= 4 is 15.9 Å². The van der Waals surface area contributed by atoms with E-state index in [-0.39, 0.29) is 0 Å². The van der Waals surface area contributed by atoms with Crippen LogP contribution in [0.5, 0.6) is 5.75 Å². The number of ether oxygens (including phenoxy) is 1. The largest absolute Gasteiger partial charge is 0.493 e. The third-order valence-corrected chi connectivity index (χ3v) is 4.34. The van der Waals surface area contributed by atoms with Gasteiger partial charge in [-0.05, 0) is 18.9 Å². The smallest absolute Gasteiger partial charge is 0.123 e. The molecule has 0 saturated heterocycles. The Morgan fingerprint density at radius 1 is 0.864 bits per heavy atom. The van der Waals surface area contributed by atoms with Gasteiger partial charge in [0.2, 0.25) is 0 Å². The average Bonchev–Trinajstić information content (AvgIpc) is 2.54. The van der Waals surface area contributed by atoms with Crippen LogP contribution in [0, 0.1) is 11.3 Å². The van der Waals surface area contributed by atoms with E-state index in [4.69, 9.17) is 10.00 Å². The number of para-hydroxylation sites is 1. The summed E-state index contributed by atoms with van der Waals surface area (Å²) in [4.78, 5) is 0. The van der Waals surface area contributed by atoms with Crippen LogP contribution in [0.4, 0.5) is 0 Å². The molecule has 0 N–H and O–H groups in total. The van der Waals surface area contributed by atoms with Gasteiger partial charge in [-0.3, -0.25) is 0 Å². The van der Waals surface area contributed by atoms with Crippen molar-refractivity contribution in [1.29, 1.82) is 5.26 Å². The first kappa shape index (κ1) is 19.0. The summed E-state index contributed by atoms with van der Waals surface area (Å²) in [6.07, 6.45) is 12.2. The van der Waals surface area contributed by atoms with E-state index in [9.17, 15) is 0 Å². The van der Waals surface area contributed by atoms with Crippen LogP contribution in [0.1, 0.15) is 63.4 Å². The topological polar surface area (TPSA) is 33.0 Å². The van der Waals surface area contributed by atoms with E-state index in [0.717, 1.165) is 29.7 Å². The molecular weight excluding hydrogens is 338 g/mol. The van der Waals surface area contributed by atoms with Crippen LogP contribution in [-0.2, 0) is 6.42 Å². The first-order chi connectivity index (χ1) is 10.9. The molecule has 1 aromatic rings. The molecule has 0 saturated carbocycles. The predicted octanol–water partition coefficient (Wildman–Crippen LogP) is 6.04. The van der Waals surface area contributed by atoms with Gasteiger partial charge in [-0.1, -0.05) is 79.1 Å². The highest BCUT2D eigenvalue weighted by Gasteiger charge is 2.01. The Balaban J connectivity index is 1.99. The summed E-state index contributed by atoms with van der Waals surface area (Å²) >= 11 is 3.47. The van der Waals surface area contributed by atoms with Gasteiger partial charge in [0.15, 0.2) is 0 Å². The van der Waals surface area contributed by atoms with Crippen molar-refractivity contribution < 1.29 is 4.74 Å².